The third kappa shape index (κ3) is 5.27. The van der Waals surface area contributed by atoms with Crippen LogP contribution >= 0.6 is 11.6 Å². The Labute approximate surface area is 185 Å². The fourth-order valence-corrected chi connectivity index (χ4v) is 3.63. The number of anilines is 2. The molecule has 0 radical (unpaired) electrons. The van der Waals surface area contributed by atoms with Gasteiger partial charge in [-0.3, -0.25) is 19.3 Å². The van der Waals surface area contributed by atoms with Crippen LogP contribution in [0.25, 0.3) is 0 Å². The van der Waals surface area contributed by atoms with Crippen LogP contribution in [0.2, 0.25) is 5.02 Å². The molecule has 2 aromatic rings. The summed E-state index contributed by atoms with van der Waals surface area (Å²) in [5.74, 6) is 0.464. The molecule has 3 rings (SSSR count). The molecule has 164 valence electrons. The summed E-state index contributed by atoms with van der Waals surface area (Å²) >= 11 is 6.18. The fourth-order valence-electron chi connectivity index (χ4n) is 3.40. The van der Waals surface area contributed by atoms with Crippen molar-refractivity contribution in [2.75, 3.05) is 31.4 Å². The Balaban J connectivity index is 1.63. The molecule has 9 heteroatoms. The molecule has 1 aliphatic rings. The molecule has 1 atom stereocenters. The van der Waals surface area contributed by atoms with Gasteiger partial charge in [0, 0.05) is 19.2 Å². The first-order valence-corrected chi connectivity index (χ1v) is 10.1. The number of halogens is 1. The van der Waals surface area contributed by atoms with E-state index in [0.717, 1.165) is 5.56 Å². The summed E-state index contributed by atoms with van der Waals surface area (Å²) in [6.45, 7) is 1.66. The van der Waals surface area contributed by atoms with Crippen molar-refractivity contribution in [1.82, 2.24) is 4.90 Å². The van der Waals surface area contributed by atoms with Gasteiger partial charge in [0.05, 0.1) is 31.4 Å². The number of benzene rings is 2. The van der Waals surface area contributed by atoms with Crippen molar-refractivity contribution < 1.29 is 23.9 Å². The maximum absolute atomic E-state index is 12.8. The molecule has 3 amide bonds. The van der Waals surface area contributed by atoms with Crippen LogP contribution in [-0.4, -0.2) is 49.4 Å². The molecule has 2 aromatic carbocycles. The van der Waals surface area contributed by atoms with Crippen molar-refractivity contribution in [2.45, 2.75) is 25.8 Å². The maximum Gasteiger partial charge on any atom is 0.252 e. The number of hydrogen-bond donors (Lipinski definition) is 2. The monoisotopic (exact) mass is 445 g/mol. The summed E-state index contributed by atoms with van der Waals surface area (Å²) in [5, 5.41) is 6.01. The minimum atomic E-state index is -0.666. The number of carbonyl (C=O) groups excluding carboxylic acids is 3. The minimum Gasteiger partial charge on any atom is -0.493 e. The van der Waals surface area contributed by atoms with E-state index in [4.69, 9.17) is 21.1 Å². The molecule has 0 aliphatic carbocycles. The second-order valence-electron chi connectivity index (χ2n) is 7.10. The van der Waals surface area contributed by atoms with Gasteiger partial charge in [0.2, 0.25) is 11.8 Å². The van der Waals surface area contributed by atoms with Crippen molar-refractivity contribution in [1.29, 1.82) is 0 Å². The number of likely N-dealkylation sites (tertiary alicyclic amines) is 1. The minimum absolute atomic E-state index is 0.0653. The molecule has 1 saturated heterocycles. The van der Waals surface area contributed by atoms with Crippen molar-refractivity contribution in [3.8, 4) is 11.5 Å². The summed E-state index contributed by atoms with van der Waals surface area (Å²) in [6, 6.07) is 9.78. The van der Waals surface area contributed by atoms with Crippen LogP contribution in [-0.2, 0) is 20.8 Å². The summed E-state index contributed by atoms with van der Waals surface area (Å²) < 4.78 is 10.5. The van der Waals surface area contributed by atoms with Crippen LogP contribution in [0.4, 0.5) is 11.4 Å². The average molecular weight is 446 g/mol. The van der Waals surface area contributed by atoms with Gasteiger partial charge < -0.3 is 20.1 Å². The lowest BCUT2D eigenvalue weighted by molar-refractivity contribution is -0.138. The summed E-state index contributed by atoms with van der Waals surface area (Å²) in [7, 11) is 3.12. The molecule has 1 fully saturated rings. The molecular weight excluding hydrogens is 422 g/mol. The summed E-state index contributed by atoms with van der Waals surface area (Å²) in [4.78, 5) is 37.6. The molecule has 0 spiro atoms. The van der Waals surface area contributed by atoms with Crippen molar-refractivity contribution in [2.24, 2.45) is 0 Å². The summed E-state index contributed by atoms with van der Waals surface area (Å²) in [6.07, 6.45) is 0.567. The highest BCUT2D eigenvalue weighted by Crippen LogP contribution is 2.29. The zero-order chi connectivity index (χ0) is 22.5. The Morgan fingerprint density at radius 1 is 1.13 bits per heavy atom. The first-order valence-electron chi connectivity index (χ1n) is 9.71. The molecule has 0 aromatic heterocycles. The van der Waals surface area contributed by atoms with Gasteiger partial charge in [-0.1, -0.05) is 17.7 Å². The first-order chi connectivity index (χ1) is 14.8. The third-order valence-electron chi connectivity index (χ3n) is 4.94. The number of imide groups is 1. The number of nitrogens with zero attached hydrogens (tertiary/aromatic N) is 1. The molecule has 0 bridgehead atoms. The number of amides is 3. The van der Waals surface area contributed by atoms with Gasteiger partial charge in [-0.15, -0.1) is 0 Å². The lowest BCUT2D eigenvalue weighted by Gasteiger charge is -2.17. The lowest BCUT2D eigenvalue weighted by Crippen LogP contribution is -2.36. The maximum atomic E-state index is 12.8. The normalized spacial score (nSPS) is 15.7. The molecule has 31 heavy (non-hydrogen) atoms. The number of hydrogen-bond acceptors (Lipinski definition) is 6. The first kappa shape index (κ1) is 22.4. The number of methoxy groups -OCH3 is 2. The van der Waals surface area contributed by atoms with Crippen molar-refractivity contribution in [3.63, 3.8) is 0 Å². The van der Waals surface area contributed by atoms with E-state index >= 15 is 0 Å². The van der Waals surface area contributed by atoms with Gasteiger partial charge in [0.25, 0.3) is 5.91 Å². The van der Waals surface area contributed by atoms with Gasteiger partial charge in [-0.25, -0.2) is 0 Å². The van der Waals surface area contributed by atoms with Gasteiger partial charge in [0.15, 0.2) is 11.5 Å². The van der Waals surface area contributed by atoms with E-state index in [-0.39, 0.29) is 30.7 Å². The van der Waals surface area contributed by atoms with Gasteiger partial charge >= 0.3 is 0 Å². The molecule has 8 nitrogen and oxygen atoms in total. The molecule has 0 saturated carbocycles. The number of carbonyl (C=O) groups is 3. The highest BCUT2D eigenvalue weighted by molar-refractivity contribution is 6.34. The Kier molecular flexibility index (Phi) is 7.02. The molecule has 0 unspecified atom stereocenters. The second-order valence-corrected chi connectivity index (χ2v) is 7.51. The Bertz CT molecular complexity index is 1010. The van der Waals surface area contributed by atoms with E-state index in [1.807, 2.05) is 12.1 Å². The Morgan fingerprint density at radius 2 is 1.87 bits per heavy atom. The molecule has 2 N–H and O–H groups in total. The quantitative estimate of drug-likeness (QED) is 0.606. The smallest absolute Gasteiger partial charge is 0.252 e. The van der Waals surface area contributed by atoms with E-state index < -0.39 is 6.04 Å². The van der Waals surface area contributed by atoms with Crippen molar-refractivity contribution >= 4 is 40.7 Å². The lowest BCUT2D eigenvalue weighted by atomic mass is 10.1. The SMILES string of the molecule is COc1ccc(CCN2C(=O)C[C@@H](Nc3ccc(NC(C)=O)c(Cl)c3)C2=O)cc1OC. The zero-order valence-electron chi connectivity index (χ0n) is 17.5. The second kappa shape index (κ2) is 9.70. The zero-order valence-corrected chi connectivity index (χ0v) is 18.3. The van der Waals surface area contributed by atoms with E-state index in [1.165, 1.54) is 11.8 Å². The largest absolute Gasteiger partial charge is 0.493 e. The van der Waals surface area contributed by atoms with Crippen LogP contribution in [0, 0.1) is 0 Å². The summed E-state index contributed by atoms with van der Waals surface area (Å²) in [5.41, 5.74) is 1.99. The third-order valence-corrected chi connectivity index (χ3v) is 5.25. The van der Waals surface area contributed by atoms with Crippen LogP contribution in [0.15, 0.2) is 36.4 Å². The highest BCUT2D eigenvalue weighted by atomic mass is 35.5. The topological polar surface area (TPSA) is 97.0 Å². The van der Waals surface area contributed by atoms with E-state index in [1.54, 1.807) is 38.5 Å². The van der Waals surface area contributed by atoms with E-state index in [2.05, 4.69) is 10.6 Å². The Morgan fingerprint density at radius 3 is 2.52 bits per heavy atom. The van der Waals surface area contributed by atoms with Crippen LogP contribution in [0.1, 0.15) is 18.9 Å². The van der Waals surface area contributed by atoms with Gasteiger partial charge in [-0.05, 0) is 42.3 Å². The van der Waals surface area contributed by atoms with Gasteiger partial charge in [0.1, 0.15) is 6.04 Å². The van der Waals surface area contributed by atoms with Gasteiger partial charge in [-0.2, -0.15) is 0 Å². The number of nitrogens with one attached hydrogen (secondary N) is 2. The number of rotatable bonds is 8. The molecule has 1 aliphatic heterocycles. The van der Waals surface area contributed by atoms with E-state index in [0.29, 0.717) is 34.3 Å². The number of ether oxygens (including phenoxy) is 2. The van der Waals surface area contributed by atoms with E-state index in [9.17, 15) is 14.4 Å². The standard InChI is InChI=1S/C22H24ClN3O5/c1-13(27)24-17-6-5-15(11-16(17)23)25-18-12-21(28)26(22(18)29)9-8-14-4-7-19(30-2)20(10-14)31-3/h4-7,10-11,18,25H,8-9,12H2,1-3H3,(H,24,27)/t18-/m1/s1. The molecule has 1 heterocycles. The van der Waals surface area contributed by atoms with Crippen LogP contribution < -0.4 is 20.1 Å². The fraction of sp³-hybridized carbons (Fsp3) is 0.318. The van der Waals surface area contributed by atoms with Crippen LogP contribution in [0.5, 0.6) is 11.5 Å². The predicted molar refractivity (Wildman–Crippen MR) is 118 cm³/mol. The Hall–Kier alpha value is -3.26. The van der Waals surface area contributed by atoms with Crippen LogP contribution in [0.3, 0.4) is 0 Å². The predicted octanol–water partition coefficient (Wildman–Crippen LogP) is 3.10. The highest BCUT2D eigenvalue weighted by Gasteiger charge is 2.38. The molecular formula is C22H24ClN3O5. The average Bonchev–Trinajstić information content (AvgIpc) is 3.00. The van der Waals surface area contributed by atoms with Crippen molar-refractivity contribution in [3.05, 3.63) is 47.0 Å².